The van der Waals surface area contributed by atoms with E-state index in [2.05, 4.69) is 10.1 Å². The summed E-state index contributed by atoms with van der Waals surface area (Å²) in [6.07, 6.45) is 6.21. The van der Waals surface area contributed by atoms with Gasteiger partial charge in [-0.15, -0.1) is 0 Å². The van der Waals surface area contributed by atoms with Crippen LogP contribution in [0.15, 0.2) is 4.52 Å². The molecule has 0 bridgehead atoms. The minimum atomic E-state index is 0.261. The molecule has 0 aliphatic carbocycles. The highest BCUT2D eigenvalue weighted by atomic mass is 16.5. The maximum Gasteiger partial charge on any atom is 0.229 e. The Hall–Kier alpha value is -0.940. The molecule has 0 radical (unpaired) electrons. The predicted octanol–water partition coefficient (Wildman–Crippen LogP) is 1.07. The van der Waals surface area contributed by atoms with Crippen LogP contribution in [0.2, 0.25) is 0 Å². The Balaban J connectivity index is 1.81. The molecule has 1 fully saturated rings. The summed E-state index contributed by atoms with van der Waals surface area (Å²) in [5.41, 5.74) is 5.43. The van der Waals surface area contributed by atoms with Gasteiger partial charge in [-0.25, -0.2) is 0 Å². The van der Waals surface area contributed by atoms with E-state index in [9.17, 15) is 0 Å². The molecule has 0 amide bonds. The van der Waals surface area contributed by atoms with Crippen LogP contribution < -0.4 is 5.73 Å². The minimum absolute atomic E-state index is 0.261. The van der Waals surface area contributed by atoms with Crippen molar-refractivity contribution < 1.29 is 9.26 Å². The van der Waals surface area contributed by atoms with E-state index in [1.54, 1.807) is 0 Å². The highest BCUT2D eigenvalue weighted by molar-refractivity contribution is 4.89. The summed E-state index contributed by atoms with van der Waals surface area (Å²) in [4.78, 5) is 4.33. The third-order valence-electron chi connectivity index (χ3n) is 2.79. The van der Waals surface area contributed by atoms with Gasteiger partial charge in [0.1, 0.15) is 0 Å². The average Bonchev–Trinajstić information content (AvgIpc) is 2.75. The molecule has 1 unspecified atom stereocenters. The quantitative estimate of drug-likeness (QED) is 0.811. The molecule has 2 N–H and O–H groups in total. The summed E-state index contributed by atoms with van der Waals surface area (Å²) >= 11 is 0. The van der Waals surface area contributed by atoms with Gasteiger partial charge in [-0.3, -0.25) is 0 Å². The maximum atomic E-state index is 5.62. The highest BCUT2D eigenvalue weighted by Gasteiger charge is 2.17. The fourth-order valence-corrected chi connectivity index (χ4v) is 1.90. The molecule has 1 atom stereocenters. The van der Waals surface area contributed by atoms with Crippen molar-refractivity contribution in [1.29, 1.82) is 0 Å². The van der Waals surface area contributed by atoms with Crippen LogP contribution in [0.1, 0.15) is 37.4 Å². The largest absolute Gasteiger partial charge is 0.378 e. The summed E-state index contributed by atoms with van der Waals surface area (Å²) in [5, 5.41) is 3.92. The van der Waals surface area contributed by atoms with Gasteiger partial charge < -0.3 is 15.0 Å². The molecule has 90 valence electrons. The molecule has 1 aromatic rings. The van der Waals surface area contributed by atoms with Crippen LogP contribution in [0, 0.1) is 0 Å². The summed E-state index contributed by atoms with van der Waals surface area (Å²) in [6.45, 7) is 1.52. The van der Waals surface area contributed by atoms with Gasteiger partial charge in [0.25, 0.3) is 0 Å². The molecular formula is C11H19N3O2. The SMILES string of the molecule is NCCCc1noc(CC2CCCCO2)n1. The van der Waals surface area contributed by atoms with Crippen molar-refractivity contribution in [1.82, 2.24) is 10.1 Å². The lowest BCUT2D eigenvalue weighted by atomic mass is 10.1. The number of aromatic nitrogens is 2. The number of hydrogen-bond acceptors (Lipinski definition) is 5. The zero-order valence-electron chi connectivity index (χ0n) is 9.52. The zero-order valence-corrected chi connectivity index (χ0v) is 9.52. The van der Waals surface area contributed by atoms with E-state index >= 15 is 0 Å². The number of hydrogen-bond donors (Lipinski definition) is 1. The Bertz CT molecular complexity index is 308. The van der Waals surface area contributed by atoms with Gasteiger partial charge in [-0.1, -0.05) is 5.16 Å². The first-order valence-corrected chi connectivity index (χ1v) is 6.01. The lowest BCUT2D eigenvalue weighted by molar-refractivity contribution is 0.0124. The third kappa shape index (κ3) is 3.28. The first-order valence-electron chi connectivity index (χ1n) is 6.01. The smallest absolute Gasteiger partial charge is 0.229 e. The fourth-order valence-electron chi connectivity index (χ4n) is 1.90. The standard InChI is InChI=1S/C11H19N3O2/c12-6-3-5-10-13-11(16-14-10)8-9-4-1-2-7-15-9/h9H,1-8,12H2. The zero-order chi connectivity index (χ0) is 11.2. The Morgan fingerprint density at radius 1 is 1.38 bits per heavy atom. The molecular weight excluding hydrogens is 206 g/mol. The molecule has 1 aliphatic heterocycles. The van der Waals surface area contributed by atoms with Gasteiger partial charge in [0, 0.05) is 13.0 Å². The normalized spacial score (nSPS) is 21.2. The highest BCUT2D eigenvalue weighted by Crippen LogP contribution is 2.16. The molecule has 5 heteroatoms. The van der Waals surface area contributed by atoms with E-state index in [0.717, 1.165) is 38.1 Å². The van der Waals surface area contributed by atoms with Crippen LogP contribution >= 0.6 is 0 Å². The third-order valence-corrected chi connectivity index (χ3v) is 2.79. The van der Waals surface area contributed by atoms with Gasteiger partial charge in [0.2, 0.25) is 5.89 Å². The molecule has 1 aromatic heterocycles. The lowest BCUT2D eigenvalue weighted by Gasteiger charge is -2.20. The Labute approximate surface area is 95.3 Å². The molecule has 0 spiro atoms. The van der Waals surface area contributed by atoms with Crippen molar-refractivity contribution >= 4 is 0 Å². The summed E-state index contributed by atoms with van der Waals surface area (Å²) in [6, 6.07) is 0. The topological polar surface area (TPSA) is 74.2 Å². The molecule has 16 heavy (non-hydrogen) atoms. The molecule has 1 aliphatic rings. The average molecular weight is 225 g/mol. The predicted molar refractivity (Wildman–Crippen MR) is 59.0 cm³/mol. The first kappa shape index (κ1) is 11.5. The van der Waals surface area contributed by atoms with Crippen molar-refractivity contribution in [3.63, 3.8) is 0 Å². The summed E-state index contributed by atoms with van der Waals surface area (Å²) in [5.74, 6) is 1.45. The van der Waals surface area contributed by atoms with Crippen LogP contribution in [-0.4, -0.2) is 29.4 Å². The first-order chi connectivity index (χ1) is 7.88. The second-order valence-corrected chi connectivity index (χ2v) is 4.19. The van der Waals surface area contributed by atoms with Crippen molar-refractivity contribution in [2.45, 2.75) is 44.6 Å². The molecule has 0 saturated carbocycles. The number of nitrogens with zero attached hydrogens (tertiary/aromatic N) is 2. The van der Waals surface area contributed by atoms with Gasteiger partial charge in [-0.2, -0.15) is 4.98 Å². The van der Waals surface area contributed by atoms with Crippen molar-refractivity contribution in [3.8, 4) is 0 Å². The molecule has 2 rings (SSSR count). The summed E-state index contributed by atoms with van der Waals surface area (Å²) < 4.78 is 10.8. The lowest BCUT2D eigenvalue weighted by Crippen LogP contribution is -2.21. The van der Waals surface area contributed by atoms with Gasteiger partial charge in [0.15, 0.2) is 5.82 Å². The maximum absolute atomic E-state index is 5.62. The van der Waals surface area contributed by atoms with E-state index in [0.29, 0.717) is 12.4 Å². The van der Waals surface area contributed by atoms with Crippen LogP contribution in [0.5, 0.6) is 0 Å². The number of aryl methyl sites for hydroxylation is 1. The molecule has 2 heterocycles. The number of rotatable bonds is 5. The van der Waals surface area contributed by atoms with Crippen LogP contribution in [0.25, 0.3) is 0 Å². The van der Waals surface area contributed by atoms with Crippen molar-refractivity contribution in [2.24, 2.45) is 5.73 Å². The molecule has 0 aromatic carbocycles. The fraction of sp³-hybridized carbons (Fsp3) is 0.818. The van der Waals surface area contributed by atoms with Crippen LogP contribution in [-0.2, 0) is 17.6 Å². The van der Waals surface area contributed by atoms with Gasteiger partial charge in [0.05, 0.1) is 12.5 Å². The van der Waals surface area contributed by atoms with E-state index in [4.69, 9.17) is 15.0 Å². The van der Waals surface area contributed by atoms with E-state index in [1.807, 2.05) is 0 Å². The monoisotopic (exact) mass is 225 g/mol. The number of nitrogens with two attached hydrogens (primary N) is 1. The van der Waals surface area contributed by atoms with Crippen molar-refractivity contribution in [3.05, 3.63) is 11.7 Å². The van der Waals surface area contributed by atoms with Crippen LogP contribution in [0.4, 0.5) is 0 Å². The van der Waals surface area contributed by atoms with Gasteiger partial charge >= 0.3 is 0 Å². The number of ether oxygens (including phenoxy) is 1. The van der Waals surface area contributed by atoms with E-state index in [1.165, 1.54) is 12.8 Å². The molecule has 5 nitrogen and oxygen atoms in total. The second kappa shape index (κ2) is 5.96. The van der Waals surface area contributed by atoms with Gasteiger partial charge in [-0.05, 0) is 32.2 Å². The summed E-state index contributed by atoms with van der Waals surface area (Å²) in [7, 11) is 0. The minimum Gasteiger partial charge on any atom is -0.378 e. The van der Waals surface area contributed by atoms with E-state index in [-0.39, 0.29) is 6.10 Å². The van der Waals surface area contributed by atoms with Crippen molar-refractivity contribution in [2.75, 3.05) is 13.2 Å². The molecule has 1 saturated heterocycles. The van der Waals surface area contributed by atoms with E-state index < -0.39 is 0 Å². The van der Waals surface area contributed by atoms with Crippen LogP contribution in [0.3, 0.4) is 0 Å². The second-order valence-electron chi connectivity index (χ2n) is 4.19. The Morgan fingerprint density at radius 3 is 3.06 bits per heavy atom. The Kier molecular flexibility index (Phi) is 4.30. The Morgan fingerprint density at radius 2 is 2.31 bits per heavy atom.